The predicted molar refractivity (Wildman–Crippen MR) is 131 cm³/mol. The summed E-state index contributed by atoms with van der Waals surface area (Å²) in [5, 5.41) is 3.08. The van der Waals surface area contributed by atoms with Crippen molar-refractivity contribution >= 4 is 35.6 Å². The summed E-state index contributed by atoms with van der Waals surface area (Å²) < 4.78 is 10.5. The molecule has 0 saturated carbocycles. The van der Waals surface area contributed by atoms with E-state index in [0.29, 0.717) is 24.0 Å². The first-order valence-corrected chi connectivity index (χ1v) is 9.04. The molecule has 152 valence electrons. The fourth-order valence-corrected chi connectivity index (χ4v) is 2.95. The first kappa shape index (κ1) is 22.5. The Morgan fingerprint density at radius 1 is 0.897 bits per heavy atom. The Morgan fingerprint density at radius 2 is 1.59 bits per heavy atom. The third-order valence-electron chi connectivity index (χ3n) is 4.37. The molecule has 0 fully saturated rings. The molecule has 0 aliphatic rings. The summed E-state index contributed by atoms with van der Waals surface area (Å²) in [6, 6.07) is 22.3. The lowest BCUT2D eigenvalue weighted by Crippen LogP contribution is -2.22. The number of aryl methyl sites for hydroxylation is 1. The van der Waals surface area contributed by atoms with Gasteiger partial charge in [-0.1, -0.05) is 48.0 Å². The molecule has 6 heteroatoms. The minimum absolute atomic E-state index is 0. The molecule has 3 N–H and O–H groups in total. The van der Waals surface area contributed by atoms with Gasteiger partial charge < -0.3 is 20.5 Å². The number of hydrogen-bond donors (Lipinski definition) is 2. The van der Waals surface area contributed by atoms with Crippen LogP contribution in [0, 0.1) is 6.92 Å². The monoisotopic (exact) mass is 503 g/mol. The van der Waals surface area contributed by atoms with Gasteiger partial charge in [-0.15, -0.1) is 24.0 Å². The number of nitrogens with zero attached hydrogens (tertiary/aromatic N) is 1. The fraction of sp³-hybridized carbons (Fsp3) is 0.174. The van der Waals surface area contributed by atoms with Crippen molar-refractivity contribution in [1.29, 1.82) is 0 Å². The van der Waals surface area contributed by atoms with E-state index in [2.05, 4.69) is 53.6 Å². The van der Waals surface area contributed by atoms with Crippen molar-refractivity contribution in [3.05, 3.63) is 77.9 Å². The molecule has 0 aromatic heterocycles. The first-order valence-electron chi connectivity index (χ1n) is 9.04. The minimum Gasteiger partial charge on any atom is -0.493 e. The van der Waals surface area contributed by atoms with Crippen molar-refractivity contribution < 1.29 is 9.47 Å². The Bertz CT molecular complexity index is 989. The molecular weight excluding hydrogens is 477 g/mol. The molecule has 5 nitrogen and oxygen atoms in total. The zero-order valence-electron chi connectivity index (χ0n) is 16.8. The lowest BCUT2D eigenvalue weighted by atomic mass is 10.0. The Labute approximate surface area is 189 Å². The van der Waals surface area contributed by atoms with Crippen LogP contribution in [0.25, 0.3) is 11.1 Å². The van der Waals surface area contributed by atoms with Gasteiger partial charge in [-0.2, -0.15) is 0 Å². The Balaban J connectivity index is 0.00000300. The van der Waals surface area contributed by atoms with Crippen LogP contribution in [0.5, 0.6) is 11.5 Å². The largest absolute Gasteiger partial charge is 0.493 e. The molecule has 0 aliphatic heterocycles. The van der Waals surface area contributed by atoms with Crippen molar-refractivity contribution in [1.82, 2.24) is 0 Å². The zero-order valence-corrected chi connectivity index (χ0v) is 19.1. The second-order valence-corrected chi connectivity index (χ2v) is 6.47. The highest BCUT2D eigenvalue weighted by molar-refractivity contribution is 14.0. The number of guanidine groups is 1. The number of methoxy groups -OCH3 is 2. The Hall–Kier alpha value is -2.74. The second-order valence-electron chi connectivity index (χ2n) is 6.47. The number of hydrogen-bond acceptors (Lipinski definition) is 3. The number of halogens is 1. The van der Waals surface area contributed by atoms with E-state index in [1.54, 1.807) is 14.2 Å². The van der Waals surface area contributed by atoms with Crippen LogP contribution in [0.15, 0.2) is 71.7 Å². The summed E-state index contributed by atoms with van der Waals surface area (Å²) in [5.41, 5.74) is 11.5. The van der Waals surface area contributed by atoms with Crippen LogP contribution in [0.2, 0.25) is 0 Å². The molecule has 0 atom stereocenters. The van der Waals surface area contributed by atoms with Crippen molar-refractivity contribution in [3.8, 4) is 22.6 Å². The van der Waals surface area contributed by atoms with E-state index in [-0.39, 0.29) is 24.0 Å². The maximum Gasteiger partial charge on any atom is 0.193 e. The van der Waals surface area contributed by atoms with Gasteiger partial charge in [0, 0.05) is 11.8 Å². The zero-order chi connectivity index (χ0) is 19.9. The van der Waals surface area contributed by atoms with Crippen molar-refractivity contribution in [2.45, 2.75) is 13.5 Å². The molecule has 0 saturated heterocycles. The van der Waals surface area contributed by atoms with E-state index in [9.17, 15) is 0 Å². The number of nitrogens with one attached hydrogen (secondary N) is 1. The van der Waals surface area contributed by atoms with Crippen molar-refractivity contribution in [2.75, 3.05) is 19.5 Å². The van der Waals surface area contributed by atoms with Gasteiger partial charge in [0.2, 0.25) is 0 Å². The van der Waals surface area contributed by atoms with Gasteiger partial charge in [-0.25, -0.2) is 4.99 Å². The van der Waals surface area contributed by atoms with Gasteiger partial charge in [0.15, 0.2) is 17.5 Å². The molecule has 3 rings (SSSR count). The maximum absolute atomic E-state index is 6.05. The van der Waals surface area contributed by atoms with Crippen molar-refractivity contribution in [2.24, 2.45) is 10.7 Å². The molecule has 3 aromatic carbocycles. The highest BCUT2D eigenvalue weighted by Gasteiger charge is 2.05. The number of nitrogens with two attached hydrogens (primary N) is 1. The Kier molecular flexibility index (Phi) is 8.33. The fourth-order valence-electron chi connectivity index (χ4n) is 2.95. The minimum atomic E-state index is 0. The van der Waals surface area contributed by atoms with E-state index in [0.717, 1.165) is 11.3 Å². The lowest BCUT2D eigenvalue weighted by molar-refractivity contribution is 0.355. The van der Waals surface area contributed by atoms with Gasteiger partial charge >= 0.3 is 0 Å². The number of aliphatic imine (C=N–C) groups is 1. The molecule has 29 heavy (non-hydrogen) atoms. The topological polar surface area (TPSA) is 68.9 Å². The van der Waals surface area contributed by atoms with E-state index in [4.69, 9.17) is 15.2 Å². The molecule has 3 aromatic rings. The van der Waals surface area contributed by atoms with Crippen LogP contribution in [0.3, 0.4) is 0 Å². The predicted octanol–water partition coefficient (Wildman–Crippen LogP) is 5.22. The number of anilines is 1. The summed E-state index contributed by atoms with van der Waals surface area (Å²) in [6.45, 7) is 2.59. The van der Waals surface area contributed by atoms with Crippen LogP contribution in [0.1, 0.15) is 11.1 Å². The summed E-state index contributed by atoms with van der Waals surface area (Å²) in [7, 11) is 3.20. The van der Waals surface area contributed by atoms with Crippen molar-refractivity contribution in [3.63, 3.8) is 0 Å². The van der Waals surface area contributed by atoms with Crippen LogP contribution >= 0.6 is 24.0 Å². The second kappa shape index (κ2) is 10.7. The quantitative estimate of drug-likeness (QED) is 0.275. The van der Waals surface area contributed by atoms with E-state index < -0.39 is 0 Å². The van der Waals surface area contributed by atoms with Gasteiger partial charge in [0.1, 0.15) is 0 Å². The van der Waals surface area contributed by atoms with Crippen LogP contribution in [-0.4, -0.2) is 20.2 Å². The normalized spacial score (nSPS) is 10.8. The van der Waals surface area contributed by atoms with E-state index >= 15 is 0 Å². The number of ether oxygens (including phenoxy) is 2. The standard InChI is InChI=1S/C23H25N3O2.HI/c1-16-6-4-8-18(12-16)19-9-5-7-17(13-19)15-25-23(24)26-20-10-11-21(27-2)22(14-20)28-3;/h4-14H,15H2,1-3H3,(H3,24,25,26);1H. The molecule has 0 unspecified atom stereocenters. The van der Waals surface area contributed by atoms with E-state index in [1.165, 1.54) is 16.7 Å². The van der Waals surface area contributed by atoms with Crippen LogP contribution < -0.4 is 20.5 Å². The summed E-state index contributed by atoms with van der Waals surface area (Å²) >= 11 is 0. The highest BCUT2D eigenvalue weighted by atomic mass is 127. The molecular formula is C23H26IN3O2. The average Bonchev–Trinajstić information content (AvgIpc) is 2.72. The summed E-state index contributed by atoms with van der Waals surface area (Å²) in [5.74, 6) is 1.64. The third kappa shape index (κ3) is 6.12. The molecule has 0 amide bonds. The van der Waals surface area contributed by atoms with Crippen LogP contribution in [-0.2, 0) is 6.54 Å². The highest BCUT2D eigenvalue weighted by Crippen LogP contribution is 2.29. The van der Waals surface area contributed by atoms with Crippen LogP contribution in [0.4, 0.5) is 5.69 Å². The summed E-state index contributed by atoms with van der Waals surface area (Å²) in [6.07, 6.45) is 0. The SMILES string of the molecule is COc1ccc(NC(N)=NCc2cccc(-c3cccc(C)c3)c2)cc1OC.I. The number of benzene rings is 3. The first-order chi connectivity index (χ1) is 13.6. The molecule has 0 heterocycles. The van der Waals surface area contributed by atoms with Gasteiger partial charge in [0.25, 0.3) is 0 Å². The molecule has 0 spiro atoms. The third-order valence-corrected chi connectivity index (χ3v) is 4.37. The molecule has 0 bridgehead atoms. The maximum atomic E-state index is 6.05. The van der Waals surface area contributed by atoms with Gasteiger partial charge in [0.05, 0.1) is 20.8 Å². The van der Waals surface area contributed by atoms with Gasteiger partial charge in [-0.05, 0) is 41.8 Å². The molecule has 0 aliphatic carbocycles. The molecule has 0 radical (unpaired) electrons. The smallest absolute Gasteiger partial charge is 0.193 e. The van der Waals surface area contributed by atoms with E-state index in [1.807, 2.05) is 30.3 Å². The summed E-state index contributed by atoms with van der Waals surface area (Å²) in [4.78, 5) is 4.45. The number of rotatable bonds is 6. The van der Waals surface area contributed by atoms with Gasteiger partial charge in [-0.3, -0.25) is 0 Å². The Morgan fingerprint density at radius 3 is 2.28 bits per heavy atom. The lowest BCUT2D eigenvalue weighted by Gasteiger charge is -2.11. The average molecular weight is 503 g/mol.